The average Bonchev–Trinajstić information content (AvgIpc) is 3.62. The zero-order valence-electron chi connectivity index (χ0n) is 23.9. The largest absolute Gasteiger partial charge is 0.384 e. The highest BCUT2D eigenvalue weighted by Gasteiger charge is 2.30. The number of anilines is 2. The highest BCUT2D eigenvalue weighted by atomic mass is 19.1. The number of imidazole rings is 1. The van der Waals surface area contributed by atoms with Crippen molar-refractivity contribution in [1.29, 1.82) is 0 Å². The van der Waals surface area contributed by atoms with E-state index in [9.17, 15) is 9.18 Å². The Labute approximate surface area is 250 Å². The molecular formula is C31H28F2N10O. The van der Waals surface area contributed by atoms with Crippen LogP contribution in [0.25, 0.3) is 56.0 Å². The third-order valence-corrected chi connectivity index (χ3v) is 7.46. The number of hydrogen-bond acceptors (Lipinski definition) is 8. The van der Waals surface area contributed by atoms with E-state index in [-0.39, 0.29) is 28.6 Å². The number of rotatable bonds is 9. The molecular weight excluding hydrogens is 566 g/mol. The lowest BCUT2D eigenvalue weighted by Crippen LogP contribution is -2.20. The molecule has 0 spiro atoms. The predicted molar refractivity (Wildman–Crippen MR) is 164 cm³/mol. The lowest BCUT2D eigenvalue weighted by Gasteiger charge is -2.12. The second-order valence-corrected chi connectivity index (χ2v) is 11.1. The van der Waals surface area contributed by atoms with Gasteiger partial charge in [-0.05, 0) is 57.3 Å². The van der Waals surface area contributed by atoms with E-state index in [0.717, 1.165) is 19.4 Å². The number of halogens is 2. The van der Waals surface area contributed by atoms with Gasteiger partial charge in [0.2, 0.25) is 5.91 Å². The Bertz CT molecular complexity index is 2030. The van der Waals surface area contributed by atoms with Crippen LogP contribution in [0.2, 0.25) is 0 Å². The number of aromatic amines is 2. The number of nitrogens with one attached hydrogen (secondary N) is 4. The van der Waals surface area contributed by atoms with E-state index in [4.69, 9.17) is 4.98 Å². The van der Waals surface area contributed by atoms with E-state index in [1.807, 2.05) is 25.1 Å². The Morgan fingerprint density at radius 1 is 0.977 bits per heavy atom. The molecule has 0 saturated heterocycles. The molecule has 0 atom stereocenters. The van der Waals surface area contributed by atoms with Crippen LogP contribution >= 0.6 is 0 Å². The number of amides is 1. The summed E-state index contributed by atoms with van der Waals surface area (Å²) in [6.07, 6.45) is 7.85. The monoisotopic (exact) mass is 594 g/mol. The Hall–Kier alpha value is -5.30. The van der Waals surface area contributed by atoms with Crippen molar-refractivity contribution >= 4 is 39.2 Å². The van der Waals surface area contributed by atoms with Crippen LogP contribution in [0.15, 0.2) is 55.1 Å². The summed E-state index contributed by atoms with van der Waals surface area (Å²) in [4.78, 5) is 35.2. The van der Waals surface area contributed by atoms with E-state index >= 15 is 4.39 Å². The fraction of sp³-hybridized carbons (Fsp3) is 0.226. The van der Waals surface area contributed by atoms with Gasteiger partial charge in [-0.25, -0.2) is 13.8 Å². The van der Waals surface area contributed by atoms with Gasteiger partial charge in [0.15, 0.2) is 11.6 Å². The molecule has 222 valence electrons. The molecule has 1 fully saturated rings. The van der Waals surface area contributed by atoms with Gasteiger partial charge in [-0.15, -0.1) is 0 Å². The molecule has 13 heteroatoms. The summed E-state index contributed by atoms with van der Waals surface area (Å²) in [5.74, 6) is -0.767. The number of aromatic nitrogens is 7. The van der Waals surface area contributed by atoms with Gasteiger partial charge in [0.25, 0.3) is 0 Å². The summed E-state index contributed by atoms with van der Waals surface area (Å²) < 4.78 is 30.8. The first-order valence-corrected chi connectivity index (χ1v) is 14.2. The van der Waals surface area contributed by atoms with Crippen molar-refractivity contribution < 1.29 is 13.6 Å². The van der Waals surface area contributed by atoms with Crippen molar-refractivity contribution in [3.05, 3.63) is 66.8 Å². The van der Waals surface area contributed by atoms with Gasteiger partial charge in [0.05, 0.1) is 40.2 Å². The van der Waals surface area contributed by atoms with Crippen molar-refractivity contribution in [2.75, 3.05) is 37.8 Å². The van der Waals surface area contributed by atoms with E-state index in [0.29, 0.717) is 57.1 Å². The smallest absolute Gasteiger partial charge is 0.227 e. The lowest BCUT2D eigenvalue weighted by atomic mass is 10.1. The second kappa shape index (κ2) is 11.1. The zero-order chi connectivity index (χ0) is 30.4. The molecule has 0 radical (unpaired) electrons. The minimum Gasteiger partial charge on any atom is -0.384 e. The summed E-state index contributed by atoms with van der Waals surface area (Å²) in [6.45, 7) is 1.43. The maximum Gasteiger partial charge on any atom is 0.227 e. The summed E-state index contributed by atoms with van der Waals surface area (Å²) in [7, 11) is 3.94. The minimum absolute atomic E-state index is 0.0191. The van der Waals surface area contributed by atoms with Crippen LogP contribution in [0.1, 0.15) is 12.8 Å². The molecule has 1 saturated carbocycles. The summed E-state index contributed by atoms with van der Waals surface area (Å²) in [5, 5.41) is 13.5. The molecule has 11 nitrogen and oxygen atoms in total. The van der Waals surface area contributed by atoms with Crippen LogP contribution in [0, 0.1) is 17.6 Å². The van der Waals surface area contributed by atoms with Gasteiger partial charge in [-0.1, -0.05) is 0 Å². The van der Waals surface area contributed by atoms with Gasteiger partial charge in [-0.2, -0.15) is 5.10 Å². The Morgan fingerprint density at radius 3 is 2.64 bits per heavy atom. The van der Waals surface area contributed by atoms with Crippen LogP contribution in [-0.2, 0) is 4.79 Å². The van der Waals surface area contributed by atoms with Crippen LogP contribution in [-0.4, -0.2) is 73.1 Å². The molecule has 1 aromatic carbocycles. The number of benzene rings is 1. The highest BCUT2D eigenvalue weighted by Crippen LogP contribution is 2.35. The van der Waals surface area contributed by atoms with E-state index in [1.165, 1.54) is 30.7 Å². The topological polar surface area (TPSA) is 140 Å². The number of H-pyrrole nitrogens is 2. The maximum atomic E-state index is 16.2. The fourth-order valence-electron chi connectivity index (χ4n) is 5.09. The number of pyridine rings is 3. The van der Waals surface area contributed by atoms with E-state index in [2.05, 4.69) is 40.8 Å². The first-order valence-electron chi connectivity index (χ1n) is 14.2. The van der Waals surface area contributed by atoms with Crippen molar-refractivity contribution in [1.82, 2.24) is 40.0 Å². The van der Waals surface area contributed by atoms with E-state index < -0.39 is 11.6 Å². The van der Waals surface area contributed by atoms with Crippen LogP contribution in [0.5, 0.6) is 0 Å². The molecule has 5 heterocycles. The lowest BCUT2D eigenvalue weighted by molar-refractivity contribution is -0.117. The molecule has 1 aliphatic rings. The van der Waals surface area contributed by atoms with Gasteiger partial charge < -0.3 is 20.5 Å². The van der Waals surface area contributed by atoms with Crippen molar-refractivity contribution in [2.45, 2.75) is 12.8 Å². The zero-order valence-corrected chi connectivity index (χ0v) is 23.9. The van der Waals surface area contributed by atoms with Gasteiger partial charge >= 0.3 is 0 Å². The number of hydrogen-bond donors (Lipinski definition) is 4. The Balaban J connectivity index is 1.25. The third kappa shape index (κ3) is 5.33. The fourth-order valence-corrected chi connectivity index (χ4v) is 5.09. The predicted octanol–water partition coefficient (Wildman–Crippen LogP) is 5.23. The average molecular weight is 595 g/mol. The first kappa shape index (κ1) is 27.5. The SMILES string of the molecule is CN(C)CCNc1cc(F)cc(-c2nccc3[nH]c(-c4n[nH]c5cnc(-c6cncc(NC(=O)C7CC7)c6)c(F)c45)nc23)c1. The summed E-state index contributed by atoms with van der Waals surface area (Å²) in [6, 6.07) is 8.06. The normalized spacial score (nSPS) is 13.2. The van der Waals surface area contributed by atoms with Crippen molar-refractivity contribution in [3.63, 3.8) is 0 Å². The number of nitrogens with zero attached hydrogens (tertiary/aromatic N) is 6. The van der Waals surface area contributed by atoms with Crippen LogP contribution < -0.4 is 10.6 Å². The van der Waals surface area contributed by atoms with E-state index in [1.54, 1.807) is 18.3 Å². The molecule has 0 aliphatic heterocycles. The number of carbonyl (C=O) groups excluding carboxylic acids is 1. The standard InChI is InChI=1S/C31H28F2N10O/c1-43(2)8-7-35-20-10-17(9-19(32)12-20)27-28-22(5-6-36-27)39-30(40-28)29-24-23(41-42-29)15-37-26(25(24)33)18-11-21(14-34-13-18)38-31(44)16-3-4-16/h5-6,9-16,35H,3-4,7-8H2,1-2H3,(H,38,44)(H,39,40)(H,41,42). The molecule has 44 heavy (non-hydrogen) atoms. The molecule has 0 unspecified atom stereocenters. The number of likely N-dealkylation sites (N-methyl/N-ethyl adjacent to an activating group) is 1. The van der Waals surface area contributed by atoms with Gasteiger partial charge in [-0.3, -0.25) is 24.8 Å². The molecule has 0 bridgehead atoms. The minimum atomic E-state index is -0.615. The summed E-state index contributed by atoms with van der Waals surface area (Å²) in [5.41, 5.74) is 4.33. The molecule has 4 N–H and O–H groups in total. The van der Waals surface area contributed by atoms with Crippen molar-refractivity contribution in [2.24, 2.45) is 5.92 Å². The molecule has 5 aromatic heterocycles. The number of carbonyl (C=O) groups is 1. The van der Waals surface area contributed by atoms with Crippen LogP contribution in [0.3, 0.4) is 0 Å². The van der Waals surface area contributed by atoms with Crippen molar-refractivity contribution in [3.8, 4) is 34.0 Å². The maximum absolute atomic E-state index is 16.2. The molecule has 1 amide bonds. The Kier molecular flexibility index (Phi) is 6.93. The molecule has 6 aromatic rings. The second-order valence-electron chi connectivity index (χ2n) is 11.1. The third-order valence-electron chi connectivity index (χ3n) is 7.46. The molecule has 1 aliphatic carbocycles. The first-order chi connectivity index (χ1) is 21.3. The quantitative estimate of drug-likeness (QED) is 0.179. The Morgan fingerprint density at radius 2 is 1.82 bits per heavy atom. The van der Waals surface area contributed by atoms with Gasteiger partial charge in [0, 0.05) is 48.2 Å². The number of fused-ring (bicyclic) bond motifs is 2. The van der Waals surface area contributed by atoms with Crippen LogP contribution in [0.4, 0.5) is 20.2 Å². The summed E-state index contributed by atoms with van der Waals surface area (Å²) >= 11 is 0. The van der Waals surface area contributed by atoms with Gasteiger partial charge in [0.1, 0.15) is 22.7 Å². The molecule has 7 rings (SSSR count). The highest BCUT2D eigenvalue weighted by molar-refractivity contribution is 5.98.